The van der Waals surface area contributed by atoms with Crippen LogP contribution in [0.25, 0.3) is 28.1 Å². The topological polar surface area (TPSA) is 31.2 Å². The fourth-order valence-electron chi connectivity index (χ4n) is 3.55. The minimum atomic E-state index is -0.247. The lowest BCUT2D eigenvalue weighted by Crippen LogP contribution is -2.03. The summed E-state index contributed by atoms with van der Waals surface area (Å²) in [4.78, 5) is 11.6. The van der Waals surface area contributed by atoms with Gasteiger partial charge in [0.1, 0.15) is 5.82 Å². The van der Waals surface area contributed by atoms with Gasteiger partial charge in [0, 0.05) is 34.6 Å². The van der Waals surface area contributed by atoms with Crippen LogP contribution < -0.4 is 0 Å². The van der Waals surface area contributed by atoms with Crippen molar-refractivity contribution in [3.63, 3.8) is 0 Å². The molecule has 3 rings (SSSR count). The van der Waals surface area contributed by atoms with E-state index in [2.05, 4.69) is 36.6 Å². The van der Waals surface area contributed by atoms with Crippen molar-refractivity contribution in [2.45, 2.75) is 39.7 Å². The Hall–Kier alpha value is -2.88. The molecule has 0 fully saturated rings. The largest absolute Gasteiger partial charge is 0.466 e. The number of hydrogen-bond donors (Lipinski definition) is 0. The van der Waals surface area contributed by atoms with Crippen LogP contribution in [0.4, 0.5) is 4.39 Å². The van der Waals surface area contributed by atoms with Crippen LogP contribution in [0.3, 0.4) is 0 Å². The van der Waals surface area contributed by atoms with Crippen LogP contribution in [0.5, 0.6) is 0 Å². The number of carbonyl (C=O) groups is 1. The number of carbonyl (C=O) groups excluding carboxylic acids is 1. The van der Waals surface area contributed by atoms with Crippen LogP contribution in [0.2, 0.25) is 0 Å². The van der Waals surface area contributed by atoms with Crippen LogP contribution in [-0.2, 0) is 9.53 Å². The highest BCUT2D eigenvalue weighted by molar-refractivity contribution is 6.01. The Kier molecular flexibility index (Phi) is 6.30. The number of benzene rings is 2. The number of aromatic nitrogens is 1. The second kappa shape index (κ2) is 8.87. The van der Waals surface area contributed by atoms with Crippen molar-refractivity contribution in [1.29, 1.82) is 0 Å². The van der Waals surface area contributed by atoms with Gasteiger partial charge in [-0.25, -0.2) is 4.39 Å². The van der Waals surface area contributed by atoms with Crippen LogP contribution in [0, 0.1) is 5.82 Å². The number of hydrogen-bond acceptors (Lipinski definition) is 2. The fourth-order valence-corrected chi connectivity index (χ4v) is 3.55. The summed E-state index contributed by atoms with van der Waals surface area (Å²) >= 11 is 0. The maximum Gasteiger partial charge on any atom is 0.306 e. The van der Waals surface area contributed by atoms with Crippen LogP contribution in [0.1, 0.15) is 45.3 Å². The van der Waals surface area contributed by atoms with Gasteiger partial charge in [0.15, 0.2) is 0 Å². The van der Waals surface area contributed by atoms with Crippen molar-refractivity contribution < 1.29 is 13.9 Å². The molecule has 0 aliphatic carbocycles. The SMILES string of the molecule is CCOC(=O)CC/C=C/c1c(-c2ccc(F)cc2)c2ccccc2n1C(C)C. The molecule has 0 atom stereocenters. The van der Waals surface area contributed by atoms with Crippen molar-refractivity contribution in [2.75, 3.05) is 6.61 Å². The molecule has 0 N–H and O–H groups in total. The molecule has 0 saturated carbocycles. The molecule has 3 aromatic rings. The summed E-state index contributed by atoms with van der Waals surface area (Å²) in [5.41, 5.74) is 4.26. The van der Waals surface area contributed by atoms with Crippen LogP contribution >= 0.6 is 0 Å². The molecular weight excluding hydrogens is 353 g/mol. The van der Waals surface area contributed by atoms with Crippen molar-refractivity contribution in [3.8, 4) is 11.1 Å². The Balaban J connectivity index is 2.08. The molecule has 1 aromatic heterocycles. The number of nitrogens with zero attached hydrogens (tertiary/aromatic N) is 1. The normalized spacial score (nSPS) is 11.6. The maximum absolute atomic E-state index is 13.5. The average Bonchev–Trinajstić information content (AvgIpc) is 3.00. The molecule has 2 aromatic carbocycles. The zero-order chi connectivity index (χ0) is 20.1. The Labute approximate surface area is 165 Å². The number of allylic oxidation sites excluding steroid dienone is 1. The third-order valence-corrected chi connectivity index (χ3v) is 4.69. The van der Waals surface area contributed by atoms with Crippen molar-refractivity contribution in [2.24, 2.45) is 0 Å². The molecule has 0 saturated heterocycles. The number of rotatable bonds is 7. The highest BCUT2D eigenvalue weighted by Gasteiger charge is 2.18. The molecule has 0 aliphatic heterocycles. The van der Waals surface area contributed by atoms with Gasteiger partial charge in [-0.15, -0.1) is 0 Å². The summed E-state index contributed by atoms with van der Waals surface area (Å²) < 4.78 is 20.8. The standard InChI is InChI=1S/C24H26FNO2/c1-4-28-23(27)12-8-7-11-22-24(18-13-15-19(25)16-14-18)20-9-5-6-10-21(20)26(22)17(2)3/h5-7,9-11,13-17H,4,8,12H2,1-3H3/b11-7+. The monoisotopic (exact) mass is 379 g/mol. The van der Waals surface area contributed by atoms with E-state index in [0.717, 1.165) is 27.7 Å². The minimum absolute atomic E-state index is 0.185. The van der Waals surface area contributed by atoms with Crippen LogP contribution in [-0.4, -0.2) is 17.1 Å². The zero-order valence-electron chi connectivity index (χ0n) is 16.6. The second-order valence-corrected chi connectivity index (χ2v) is 6.99. The van der Waals surface area contributed by atoms with Gasteiger partial charge >= 0.3 is 5.97 Å². The van der Waals surface area contributed by atoms with E-state index < -0.39 is 0 Å². The Morgan fingerprint density at radius 3 is 2.54 bits per heavy atom. The van der Waals surface area contributed by atoms with E-state index >= 15 is 0 Å². The lowest BCUT2D eigenvalue weighted by atomic mass is 10.0. The van der Waals surface area contributed by atoms with E-state index in [1.807, 2.05) is 37.3 Å². The highest BCUT2D eigenvalue weighted by atomic mass is 19.1. The van der Waals surface area contributed by atoms with Crippen molar-refractivity contribution >= 4 is 22.9 Å². The first kappa shape index (κ1) is 19.9. The zero-order valence-corrected chi connectivity index (χ0v) is 16.6. The molecular formula is C24H26FNO2. The summed E-state index contributed by atoms with van der Waals surface area (Å²) in [5, 5.41) is 1.13. The lowest BCUT2D eigenvalue weighted by molar-refractivity contribution is -0.142. The summed E-state index contributed by atoms with van der Waals surface area (Å²) in [6, 6.07) is 15.1. The molecule has 0 bridgehead atoms. The smallest absolute Gasteiger partial charge is 0.306 e. The quantitative estimate of drug-likeness (QED) is 0.446. The van der Waals surface area contributed by atoms with E-state index in [1.165, 1.54) is 12.1 Å². The van der Waals surface area contributed by atoms with Gasteiger partial charge in [0.05, 0.1) is 6.61 Å². The van der Waals surface area contributed by atoms with E-state index in [4.69, 9.17) is 4.74 Å². The van der Waals surface area contributed by atoms with Gasteiger partial charge in [-0.2, -0.15) is 0 Å². The van der Waals surface area contributed by atoms with Gasteiger partial charge in [-0.3, -0.25) is 4.79 Å². The number of para-hydroxylation sites is 1. The third-order valence-electron chi connectivity index (χ3n) is 4.69. The first-order valence-corrected chi connectivity index (χ1v) is 9.74. The molecule has 0 unspecified atom stereocenters. The first-order chi connectivity index (χ1) is 13.5. The van der Waals surface area contributed by atoms with Crippen molar-refractivity contribution in [1.82, 2.24) is 4.57 Å². The molecule has 146 valence electrons. The Morgan fingerprint density at radius 1 is 1.14 bits per heavy atom. The molecule has 0 amide bonds. The summed E-state index contributed by atoms with van der Waals surface area (Å²) in [6.07, 6.45) is 5.05. The maximum atomic E-state index is 13.5. The first-order valence-electron chi connectivity index (χ1n) is 9.74. The van der Waals surface area contributed by atoms with Gasteiger partial charge in [-0.1, -0.05) is 36.4 Å². The molecule has 3 nitrogen and oxygen atoms in total. The molecule has 1 heterocycles. The number of halogens is 1. The predicted octanol–water partition coefficient (Wildman–Crippen LogP) is 6.38. The van der Waals surface area contributed by atoms with Crippen LogP contribution in [0.15, 0.2) is 54.6 Å². The number of fused-ring (bicyclic) bond motifs is 1. The molecule has 0 aliphatic rings. The van der Waals surface area contributed by atoms with E-state index in [1.54, 1.807) is 0 Å². The van der Waals surface area contributed by atoms with Gasteiger partial charge in [0.25, 0.3) is 0 Å². The number of ether oxygens (including phenoxy) is 1. The Morgan fingerprint density at radius 2 is 1.86 bits per heavy atom. The Bertz CT molecular complexity index is 984. The van der Waals surface area contributed by atoms with Gasteiger partial charge < -0.3 is 9.30 Å². The third kappa shape index (κ3) is 4.16. The summed E-state index contributed by atoms with van der Waals surface area (Å²) in [7, 11) is 0. The fraction of sp³-hybridized carbons (Fsp3) is 0.292. The highest BCUT2D eigenvalue weighted by Crippen LogP contribution is 2.37. The van der Waals surface area contributed by atoms with E-state index in [0.29, 0.717) is 19.4 Å². The van der Waals surface area contributed by atoms with Crippen molar-refractivity contribution in [3.05, 3.63) is 66.1 Å². The molecule has 28 heavy (non-hydrogen) atoms. The predicted molar refractivity (Wildman–Crippen MR) is 113 cm³/mol. The molecule has 0 spiro atoms. The minimum Gasteiger partial charge on any atom is -0.466 e. The van der Waals surface area contributed by atoms with Gasteiger partial charge in [-0.05, 0) is 57.0 Å². The summed E-state index contributed by atoms with van der Waals surface area (Å²) in [6.45, 7) is 6.51. The number of esters is 1. The summed E-state index contributed by atoms with van der Waals surface area (Å²) in [5.74, 6) is -0.432. The van der Waals surface area contributed by atoms with Gasteiger partial charge in [0.2, 0.25) is 0 Å². The van der Waals surface area contributed by atoms with E-state index in [9.17, 15) is 9.18 Å². The second-order valence-electron chi connectivity index (χ2n) is 6.99. The average molecular weight is 379 g/mol. The molecule has 4 heteroatoms. The lowest BCUT2D eigenvalue weighted by Gasteiger charge is -2.13. The molecule has 0 radical (unpaired) electrons. The van der Waals surface area contributed by atoms with E-state index in [-0.39, 0.29) is 17.8 Å².